The fourth-order valence-electron chi connectivity index (χ4n) is 1.85. The Balaban J connectivity index is 2.06. The van der Waals surface area contributed by atoms with Gasteiger partial charge >= 0.3 is 0 Å². The van der Waals surface area contributed by atoms with Crippen LogP contribution in [0.3, 0.4) is 0 Å². The summed E-state index contributed by atoms with van der Waals surface area (Å²) in [6.45, 7) is 0. The largest absolute Gasteiger partial charge is 0.280 e. The Bertz CT molecular complexity index is 922. The van der Waals surface area contributed by atoms with Crippen molar-refractivity contribution in [3.05, 3.63) is 41.7 Å². The molecule has 108 valence electrons. The molecule has 3 aromatic rings. The molecule has 9 heteroatoms. The maximum Gasteiger partial charge on any atom is 0.280 e. The average molecular weight is 324 g/mol. The number of hydrogen-bond donors (Lipinski definition) is 1. The van der Waals surface area contributed by atoms with Crippen LogP contribution < -0.4 is 4.72 Å². The van der Waals surface area contributed by atoms with Crippen molar-refractivity contribution in [2.24, 2.45) is 7.05 Å². The summed E-state index contributed by atoms with van der Waals surface area (Å²) in [7, 11) is -2.30. The van der Waals surface area contributed by atoms with Crippen LogP contribution in [0.2, 0.25) is 5.15 Å². The molecule has 3 rings (SSSR count). The van der Waals surface area contributed by atoms with E-state index < -0.39 is 10.0 Å². The second-order valence-corrected chi connectivity index (χ2v) is 6.24. The van der Waals surface area contributed by atoms with Gasteiger partial charge < -0.3 is 0 Å². The monoisotopic (exact) mass is 323 g/mol. The molecule has 0 saturated heterocycles. The normalized spacial score (nSPS) is 11.7. The van der Waals surface area contributed by atoms with E-state index >= 15 is 0 Å². The molecule has 2 aromatic heterocycles. The lowest BCUT2D eigenvalue weighted by molar-refractivity contribution is 0.582. The van der Waals surface area contributed by atoms with Gasteiger partial charge in [-0.15, -0.1) is 0 Å². The molecule has 0 aliphatic heterocycles. The van der Waals surface area contributed by atoms with Gasteiger partial charge in [0.05, 0.1) is 17.2 Å². The number of halogens is 1. The SMILES string of the molecule is Cn1nccc1S(=O)(=O)Nc1nc2ccccc2nc1Cl. The first-order valence-electron chi connectivity index (χ1n) is 5.90. The molecule has 0 saturated carbocycles. The maximum absolute atomic E-state index is 12.3. The van der Waals surface area contributed by atoms with Crippen LogP contribution in [0.4, 0.5) is 5.82 Å². The molecule has 1 aromatic carbocycles. The lowest BCUT2D eigenvalue weighted by atomic mass is 10.3. The standard InChI is InChI=1S/C12H10ClN5O2S/c1-18-10(6-7-14-18)21(19,20)17-12-11(13)15-8-4-2-3-5-9(8)16-12/h2-7H,1H3,(H,16,17). The minimum Gasteiger partial charge on any atom is -0.259 e. The second kappa shape index (κ2) is 4.97. The van der Waals surface area contributed by atoms with Crippen molar-refractivity contribution >= 4 is 38.5 Å². The molecule has 0 amide bonds. The van der Waals surface area contributed by atoms with Gasteiger partial charge in [-0.1, -0.05) is 23.7 Å². The summed E-state index contributed by atoms with van der Waals surface area (Å²) in [6, 6.07) is 8.43. The molecule has 0 unspecified atom stereocenters. The van der Waals surface area contributed by atoms with Gasteiger partial charge in [0.2, 0.25) is 0 Å². The number of benzene rings is 1. The molecule has 1 N–H and O–H groups in total. The zero-order valence-corrected chi connectivity index (χ0v) is 12.4. The predicted octanol–water partition coefficient (Wildman–Crippen LogP) is 1.82. The number of anilines is 1. The van der Waals surface area contributed by atoms with E-state index in [-0.39, 0.29) is 16.0 Å². The van der Waals surface area contributed by atoms with Crippen molar-refractivity contribution in [3.8, 4) is 0 Å². The van der Waals surface area contributed by atoms with E-state index in [9.17, 15) is 8.42 Å². The first kappa shape index (κ1) is 13.8. The van der Waals surface area contributed by atoms with E-state index in [0.717, 1.165) is 0 Å². The number of hydrogen-bond acceptors (Lipinski definition) is 5. The molecule has 0 aliphatic carbocycles. The minimum absolute atomic E-state index is 0.00789. The molecule has 21 heavy (non-hydrogen) atoms. The Kier molecular flexibility index (Phi) is 3.26. The highest BCUT2D eigenvalue weighted by Gasteiger charge is 2.20. The van der Waals surface area contributed by atoms with Crippen LogP contribution in [0.5, 0.6) is 0 Å². The van der Waals surface area contributed by atoms with Crippen LogP contribution in [0, 0.1) is 0 Å². The van der Waals surface area contributed by atoms with Crippen molar-refractivity contribution in [2.45, 2.75) is 5.03 Å². The van der Waals surface area contributed by atoms with Crippen molar-refractivity contribution in [1.29, 1.82) is 0 Å². The number of para-hydroxylation sites is 2. The molecule has 0 bridgehead atoms. The summed E-state index contributed by atoms with van der Waals surface area (Å²) >= 11 is 5.99. The van der Waals surface area contributed by atoms with E-state index in [1.165, 1.54) is 24.0 Å². The van der Waals surface area contributed by atoms with E-state index in [4.69, 9.17) is 11.6 Å². The van der Waals surface area contributed by atoms with Gasteiger partial charge in [0, 0.05) is 7.05 Å². The molecule has 0 atom stereocenters. The molecule has 0 aliphatic rings. The highest BCUT2D eigenvalue weighted by molar-refractivity contribution is 7.92. The summed E-state index contributed by atoms with van der Waals surface area (Å²) < 4.78 is 28.1. The fourth-order valence-corrected chi connectivity index (χ4v) is 3.22. The average Bonchev–Trinajstić information content (AvgIpc) is 2.86. The summed E-state index contributed by atoms with van der Waals surface area (Å²) in [5.41, 5.74) is 1.13. The number of aryl methyl sites for hydroxylation is 1. The van der Waals surface area contributed by atoms with Gasteiger partial charge in [0.25, 0.3) is 10.0 Å². The van der Waals surface area contributed by atoms with Crippen LogP contribution in [0.25, 0.3) is 11.0 Å². The number of sulfonamides is 1. The Morgan fingerprint density at radius 2 is 1.81 bits per heavy atom. The van der Waals surface area contributed by atoms with Crippen LogP contribution in [-0.4, -0.2) is 28.2 Å². The summed E-state index contributed by atoms with van der Waals surface area (Å²) in [5.74, 6) is -0.0171. The van der Waals surface area contributed by atoms with Crippen molar-refractivity contribution in [3.63, 3.8) is 0 Å². The van der Waals surface area contributed by atoms with E-state index in [2.05, 4.69) is 19.8 Å². The Labute approximate surface area is 125 Å². The number of fused-ring (bicyclic) bond motifs is 1. The van der Waals surface area contributed by atoms with E-state index in [1.54, 1.807) is 24.3 Å². The lowest BCUT2D eigenvalue weighted by Crippen LogP contribution is -2.18. The quantitative estimate of drug-likeness (QED) is 0.794. The van der Waals surface area contributed by atoms with Gasteiger partial charge in [0.15, 0.2) is 16.0 Å². The summed E-state index contributed by atoms with van der Waals surface area (Å²) in [4.78, 5) is 8.30. The smallest absolute Gasteiger partial charge is 0.259 e. The maximum atomic E-state index is 12.3. The van der Waals surface area contributed by atoms with Crippen molar-refractivity contribution < 1.29 is 8.42 Å². The fraction of sp³-hybridized carbons (Fsp3) is 0.0833. The summed E-state index contributed by atoms with van der Waals surface area (Å²) in [6.07, 6.45) is 1.39. The van der Waals surface area contributed by atoms with Crippen LogP contribution >= 0.6 is 11.6 Å². The molecule has 7 nitrogen and oxygen atoms in total. The van der Waals surface area contributed by atoms with E-state index in [0.29, 0.717) is 11.0 Å². The van der Waals surface area contributed by atoms with Crippen LogP contribution in [0.1, 0.15) is 0 Å². The predicted molar refractivity (Wildman–Crippen MR) is 78.6 cm³/mol. The number of rotatable bonds is 3. The van der Waals surface area contributed by atoms with Gasteiger partial charge in [-0.2, -0.15) is 13.5 Å². The second-order valence-electron chi connectivity index (χ2n) is 4.25. The Morgan fingerprint density at radius 3 is 2.43 bits per heavy atom. The molecule has 2 heterocycles. The first-order chi connectivity index (χ1) is 9.97. The minimum atomic E-state index is -3.83. The van der Waals surface area contributed by atoms with Crippen LogP contribution in [0.15, 0.2) is 41.6 Å². The third-order valence-electron chi connectivity index (χ3n) is 2.81. The van der Waals surface area contributed by atoms with Gasteiger partial charge in [-0.3, -0.25) is 9.40 Å². The molecular formula is C12H10ClN5O2S. The van der Waals surface area contributed by atoms with Gasteiger partial charge in [-0.05, 0) is 18.2 Å². The Morgan fingerprint density at radius 1 is 1.14 bits per heavy atom. The number of aromatic nitrogens is 4. The molecule has 0 radical (unpaired) electrons. The van der Waals surface area contributed by atoms with Crippen LogP contribution in [-0.2, 0) is 17.1 Å². The van der Waals surface area contributed by atoms with E-state index in [1.807, 2.05) is 0 Å². The number of nitrogens with zero attached hydrogens (tertiary/aromatic N) is 4. The number of nitrogens with one attached hydrogen (secondary N) is 1. The van der Waals surface area contributed by atoms with Gasteiger partial charge in [0.1, 0.15) is 0 Å². The Hall–Kier alpha value is -2.19. The molecular weight excluding hydrogens is 314 g/mol. The lowest BCUT2D eigenvalue weighted by Gasteiger charge is -2.09. The third kappa shape index (κ3) is 2.55. The highest BCUT2D eigenvalue weighted by atomic mass is 35.5. The van der Waals surface area contributed by atoms with Crippen molar-refractivity contribution in [1.82, 2.24) is 19.7 Å². The highest BCUT2D eigenvalue weighted by Crippen LogP contribution is 2.23. The third-order valence-corrected chi connectivity index (χ3v) is 4.49. The zero-order valence-electron chi connectivity index (χ0n) is 10.9. The van der Waals surface area contributed by atoms with Gasteiger partial charge in [-0.25, -0.2) is 9.97 Å². The molecule has 0 fully saturated rings. The molecule has 0 spiro atoms. The van der Waals surface area contributed by atoms with Crippen molar-refractivity contribution in [2.75, 3.05) is 4.72 Å². The summed E-state index contributed by atoms with van der Waals surface area (Å²) in [5, 5.41) is 3.82. The first-order valence-corrected chi connectivity index (χ1v) is 7.76. The zero-order chi connectivity index (χ0) is 15.0. The topological polar surface area (TPSA) is 89.8 Å².